The molecule has 0 aliphatic carbocycles. The number of hydrogen-bond donors (Lipinski definition) is 2. The van der Waals surface area contributed by atoms with Crippen molar-refractivity contribution in [3.05, 3.63) is 34.7 Å². The maximum atomic E-state index is 11.0. The van der Waals surface area contributed by atoms with Gasteiger partial charge in [0.15, 0.2) is 11.1 Å². The molecule has 2 aromatic rings. The van der Waals surface area contributed by atoms with E-state index in [-0.39, 0.29) is 11.8 Å². The zero-order valence-corrected chi connectivity index (χ0v) is 13.9. The number of benzene rings is 1. The predicted octanol–water partition coefficient (Wildman–Crippen LogP) is 2.31. The molecule has 3 N–H and O–H groups in total. The number of guanidine groups is 1. The molecule has 1 aromatic carbocycles. The second-order valence-electron chi connectivity index (χ2n) is 4.61. The quantitative estimate of drug-likeness (QED) is 0.494. The van der Waals surface area contributed by atoms with Gasteiger partial charge < -0.3 is 20.5 Å². The van der Waals surface area contributed by atoms with Gasteiger partial charge in [-0.3, -0.25) is 4.79 Å². The molecule has 8 heteroatoms. The van der Waals surface area contributed by atoms with Gasteiger partial charge in [-0.05, 0) is 13.0 Å². The fourth-order valence-corrected chi connectivity index (χ4v) is 2.57. The average molecular weight is 334 g/mol. The van der Waals surface area contributed by atoms with Gasteiger partial charge in [0.25, 0.3) is 0 Å². The molecule has 122 valence electrons. The average Bonchev–Trinajstić information content (AvgIpc) is 2.84. The molecule has 23 heavy (non-hydrogen) atoms. The third-order valence-corrected chi connectivity index (χ3v) is 3.71. The predicted molar refractivity (Wildman–Crippen MR) is 90.1 cm³/mol. The molecule has 0 aliphatic heterocycles. The van der Waals surface area contributed by atoms with Gasteiger partial charge in [0.05, 0.1) is 18.5 Å². The molecular weight excluding hydrogens is 316 g/mol. The number of esters is 1. The Morgan fingerprint density at radius 2 is 2.17 bits per heavy atom. The van der Waals surface area contributed by atoms with E-state index >= 15 is 0 Å². The molecule has 0 bridgehead atoms. The molecule has 7 nitrogen and oxygen atoms in total. The lowest BCUT2D eigenvalue weighted by molar-refractivity contribution is -0.132. The Morgan fingerprint density at radius 3 is 2.87 bits per heavy atom. The van der Waals surface area contributed by atoms with Crippen LogP contribution >= 0.6 is 11.3 Å². The Balaban J connectivity index is 2.04. The first kappa shape index (κ1) is 16.8. The molecule has 0 aliphatic rings. The summed E-state index contributed by atoms with van der Waals surface area (Å²) in [4.78, 5) is 20.2. The number of nitrogens with zero attached hydrogens (tertiary/aromatic N) is 2. The van der Waals surface area contributed by atoms with Crippen molar-refractivity contribution >= 4 is 28.4 Å². The highest BCUT2D eigenvalue weighted by Crippen LogP contribution is 2.27. The van der Waals surface area contributed by atoms with Gasteiger partial charge in [0, 0.05) is 12.5 Å². The lowest BCUT2D eigenvalue weighted by Gasteiger charge is -2.06. The van der Waals surface area contributed by atoms with Crippen molar-refractivity contribution in [2.75, 3.05) is 12.4 Å². The van der Waals surface area contributed by atoms with Crippen molar-refractivity contribution in [3.63, 3.8) is 0 Å². The van der Waals surface area contributed by atoms with Crippen molar-refractivity contribution < 1.29 is 14.3 Å². The molecule has 0 atom stereocenters. The van der Waals surface area contributed by atoms with E-state index in [1.807, 2.05) is 31.2 Å². The lowest BCUT2D eigenvalue weighted by atomic mass is 10.2. The van der Waals surface area contributed by atoms with Crippen LogP contribution in [-0.4, -0.2) is 24.0 Å². The number of methoxy groups -OCH3 is 1. The molecule has 0 saturated carbocycles. The lowest BCUT2D eigenvalue weighted by Crippen LogP contribution is -2.22. The van der Waals surface area contributed by atoms with E-state index < -0.39 is 5.97 Å². The third kappa shape index (κ3) is 4.68. The number of aromatic nitrogens is 1. The molecule has 1 aromatic heterocycles. The van der Waals surface area contributed by atoms with E-state index in [4.69, 9.17) is 15.2 Å². The number of hydrogen-bond acceptors (Lipinski definition) is 6. The topological polar surface area (TPSA) is 98.8 Å². The SMILES string of the molecule is COc1ccccc1CN=C(N)Nc1nc(OC(C)=O)c(C)s1. The first-order valence-corrected chi connectivity index (χ1v) is 7.66. The van der Waals surface area contributed by atoms with Crippen LogP contribution in [0.15, 0.2) is 29.3 Å². The summed E-state index contributed by atoms with van der Waals surface area (Å²) in [5, 5.41) is 3.40. The highest BCUT2D eigenvalue weighted by Gasteiger charge is 2.11. The van der Waals surface area contributed by atoms with E-state index in [1.54, 1.807) is 7.11 Å². The monoisotopic (exact) mass is 334 g/mol. The number of thiazole rings is 1. The van der Waals surface area contributed by atoms with Crippen LogP contribution in [0.2, 0.25) is 0 Å². The van der Waals surface area contributed by atoms with Gasteiger partial charge in [-0.2, -0.15) is 4.98 Å². The van der Waals surface area contributed by atoms with Crippen molar-refractivity contribution in [2.24, 2.45) is 10.7 Å². The Labute approximate surface area is 138 Å². The minimum Gasteiger partial charge on any atom is -0.496 e. The molecule has 2 rings (SSSR count). The van der Waals surface area contributed by atoms with E-state index in [2.05, 4.69) is 15.3 Å². The van der Waals surface area contributed by atoms with E-state index in [9.17, 15) is 4.79 Å². The Kier molecular flexibility index (Phi) is 5.53. The van der Waals surface area contributed by atoms with Crippen LogP contribution in [0.25, 0.3) is 0 Å². The fraction of sp³-hybridized carbons (Fsp3) is 0.267. The Bertz CT molecular complexity index is 727. The van der Waals surface area contributed by atoms with E-state index in [1.165, 1.54) is 18.3 Å². The summed E-state index contributed by atoms with van der Waals surface area (Å²) >= 11 is 1.33. The van der Waals surface area contributed by atoms with Crippen molar-refractivity contribution in [1.82, 2.24) is 4.98 Å². The number of rotatable bonds is 5. The smallest absolute Gasteiger partial charge is 0.309 e. The minimum absolute atomic E-state index is 0.221. The summed E-state index contributed by atoms with van der Waals surface area (Å²) < 4.78 is 10.3. The molecular formula is C15H18N4O3S. The number of nitrogens with two attached hydrogens (primary N) is 1. The summed E-state index contributed by atoms with van der Waals surface area (Å²) in [6.45, 7) is 3.52. The van der Waals surface area contributed by atoms with Gasteiger partial charge in [0.2, 0.25) is 5.88 Å². The number of para-hydroxylation sites is 1. The number of anilines is 1. The van der Waals surface area contributed by atoms with Crippen molar-refractivity contribution in [3.8, 4) is 11.6 Å². The maximum Gasteiger partial charge on any atom is 0.309 e. The van der Waals surface area contributed by atoms with Crippen molar-refractivity contribution in [2.45, 2.75) is 20.4 Å². The Hall–Kier alpha value is -2.61. The highest BCUT2D eigenvalue weighted by atomic mass is 32.1. The summed E-state index contributed by atoms with van der Waals surface area (Å²) in [5.74, 6) is 0.843. The number of ether oxygens (including phenoxy) is 2. The van der Waals surface area contributed by atoms with Crippen molar-refractivity contribution in [1.29, 1.82) is 0 Å². The first-order chi connectivity index (χ1) is 11.0. The van der Waals surface area contributed by atoms with Gasteiger partial charge in [-0.15, -0.1) is 0 Å². The highest BCUT2D eigenvalue weighted by molar-refractivity contribution is 7.16. The summed E-state index contributed by atoms with van der Waals surface area (Å²) in [5.41, 5.74) is 6.79. The largest absolute Gasteiger partial charge is 0.496 e. The summed E-state index contributed by atoms with van der Waals surface area (Å²) in [6, 6.07) is 7.58. The molecule has 1 heterocycles. The van der Waals surface area contributed by atoms with Gasteiger partial charge in [0.1, 0.15) is 5.75 Å². The summed E-state index contributed by atoms with van der Waals surface area (Å²) in [7, 11) is 1.61. The van der Waals surface area contributed by atoms with Gasteiger partial charge in [-0.1, -0.05) is 29.5 Å². The third-order valence-electron chi connectivity index (χ3n) is 2.84. The maximum absolute atomic E-state index is 11.0. The van der Waals surface area contributed by atoms with Crippen LogP contribution in [0.1, 0.15) is 17.4 Å². The van der Waals surface area contributed by atoms with E-state index in [0.29, 0.717) is 11.7 Å². The normalized spacial score (nSPS) is 11.2. The number of carbonyl (C=O) groups excluding carboxylic acids is 1. The standard InChI is InChI=1S/C15H18N4O3S/c1-9-13(22-10(2)20)18-15(23-9)19-14(16)17-8-11-6-4-5-7-12(11)21-3/h4-7H,8H2,1-3H3,(H3,16,17,18,19). The molecule has 0 fully saturated rings. The molecule has 0 amide bonds. The summed E-state index contributed by atoms with van der Waals surface area (Å²) in [6.07, 6.45) is 0. The molecule has 0 unspecified atom stereocenters. The van der Waals surface area contributed by atoms with Gasteiger partial charge >= 0.3 is 5.97 Å². The van der Waals surface area contributed by atoms with Gasteiger partial charge in [-0.25, -0.2) is 4.99 Å². The van der Waals surface area contributed by atoms with E-state index in [0.717, 1.165) is 16.2 Å². The molecule has 0 radical (unpaired) electrons. The number of nitrogens with one attached hydrogen (secondary N) is 1. The number of aliphatic imine (C=N–C) groups is 1. The second kappa shape index (κ2) is 7.59. The van der Waals surface area contributed by atoms with Crippen LogP contribution < -0.4 is 20.5 Å². The zero-order chi connectivity index (χ0) is 16.8. The van der Waals surface area contributed by atoms with Crippen LogP contribution in [0.4, 0.5) is 5.13 Å². The first-order valence-electron chi connectivity index (χ1n) is 6.84. The Morgan fingerprint density at radius 1 is 1.43 bits per heavy atom. The zero-order valence-electron chi connectivity index (χ0n) is 13.1. The molecule has 0 saturated heterocycles. The van der Waals surface area contributed by atoms with Crippen LogP contribution in [0, 0.1) is 6.92 Å². The van der Waals surface area contributed by atoms with Crippen LogP contribution in [0.5, 0.6) is 11.6 Å². The molecule has 0 spiro atoms. The fourth-order valence-electron chi connectivity index (χ4n) is 1.82. The number of aryl methyl sites for hydroxylation is 1. The van der Waals surface area contributed by atoms with Crippen LogP contribution in [-0.2, 0) is 11.3 Å². The minimum atomic E-state index is -0.414. The second-order valence-corrected chi connectivity index (χ2v) is 5.82. The van der Waals surface area contributed by atoms with Crippen LogP contribution in [0.3, 0.4) is 0 Å². The number of carbonyl (C=O) groups is 1.